The van der Waals surface area contributed by atoms with Crippen LogP contribution in [0.2, 0.25) is 0 Å². The first-order valence-electron chi connectivity index (χ1n) is 4.20. The standard InChI is InChI=1S/C10H11ClFNO/c1-14-10-8(4-2-3-5-11)6-9(12)7-13-10/h2,4,6-7H,3,5H2,1H3. The fraction of sp³-hybridized carbons (Fsp3) is 0.300. The van der Waals surface area contributed by atoms with Crippen molar-refractivity contribution in [2.75, 3.05) is 13.0 Å². The number of pyridine rings is 1. The highest BCUT2D eigenvalue weighted by Gasteiger charge is 2.01. The molecule has 0 saturated carbocycles. The molecule has 0 N–H and O–H groups in total. The van der Waals surface area contributed by atoms with Gasteiger partial charge in [-0.1, -0.05) is 12.2 Å². The van der Waals surface area contributed by atoms with Crippen LogP contribution in [0.1, 0.15) is 12.0 Å². The van der Waals surface area contributed by atoms with E-state index < -0.39 is 0 Å². The summed E-state index contributed by atoms with van der Waals surface area (Å²) in [6.45, 7) is 0. The summed E-state index contributed by atoms with van der Waals surface area (Å²) < 4.78 is 17.8. The lowest BCUT2D eigenvalue weighted by Crippen LogP contribution is -1.92. The van der Waals surface area contributed by atoms with E-state index in [1.54, 1.807) is 6.08 Å². The van der Waals surface area contributed by atoms with Crippen molar-refractivity contribution in [1.29, 1.82) is 0 Å². The van der Waals surface area contributed by atoms with Gasteiger partial charge in [-0.05, 0) is 12.5 Å². The summed E-state index contributed by atoms with van der Waals surface area (Å²) in [6.07, 6.45) is 5.46. The Morgan fingerprint density at radius 1 is 1.64 bits per heavy atom. The molecule has 1 rings (SSSR count). The summed E-state index contributed by atoms with van der Waals surface area (Å²) in [4.78, 5) is 3.79. The van der Waals surface area contributed by atoms with E-state index in [2.05, 4.69) is 4.98 Å². The van der Waals surface area contributed by atoms with Crippen LogP contribution in [0.3, 0.4) is 0 Å². The summed E-state index contributed by atoms with van der Waals surface area (Å²) in [7, 11) is 1.50. The third kappa shape index (κ3) is 3.00. The van der Waals surface area contributed by atoms with Gasteiger partial charge in [0, 0.05) is 11.4 Å². The predicted molar refractivity (Wildman–Crippen MR) is 55.1 cm³/mol. The van der Waals surface area contributed by atoms with Gasteiger partial charge in [0.05, 0.1) is 13.3 Å². The third-order valence-corrected chi connectivity index (χ3v) is 1.83. The number of allylic oxidation sites excluding steroid dienone is 1. The lowest BCUT2D eigenvalue weighted by molar-refractivity contribution is 0.394. The molecule has 1 aromatic heterocycles. The molecule has 0 aliphatic rings. The van der Waals surface area contributed by atoms with Crippen molar-refractivity contribution in [1.82, 2.24) is 4.98 Å². The first-order chi connectivity index (χ1) is 6.77. The van der Waals surface area contributed by atoms with Crippen LogP contribution in [0.5, 0.6) is 5.88 Å². The zero-order valence-corrected chi connectivity index (χ0v) is 8.59. The van der Waals surface area contributed by atoms with Crippen molar-refractivity contribution < 1.29 is 9.13 Å². The van der Waals surface area contributed by atoms with Gasteiger partial charge in [0.1, 0.15) is 5.82 Å². The van der Waals surface area contributed by atoms with Crippen molar-refractivity contribution in [2.45, 2.75) is 6.42 Å². The monoisotopic (exact) mass is 215 g/mol. The van der Waals surface area contributed by atoms with Crippen LogP contribution >= 0.6 is 11.6 Å². The first kappa shape index (κ1) is 11.0. The van der Waals surface area contributed by atoms with Crippen molar-refractivity contribution in [3.05, 3.63) is 29.7 Å². The molecule has 0 amide bonds. The Morgan fingerprint density at radius 2 is 2.43 bits per heavy atom. The highest BCUT2D eigenvalue weighted by Crippen LogP contribution is 2.17. The van der Waals surface area contributed by atoms with E-state index in [1.165, 1.54) is 13.2 Å². The highest BCUT2D eigenvalue weighted by atomic mass is 35.5. The van der Waals surface area contributed by atoms with Crippen LogP contribution in [0, 0.1) is 5.82 Å². The maximum atomic E-state index is 12.8. The van der Waals surface area contributed by atoms with E-state index in [1.807, 2.05) is 6.08 Å². The fourth-order valence-corrected chi connectivity index (χ4v) is 1.13. The molecule has 0 saturated heterocycles. The minimum atomic E-state index is -0.378. The first-order valence-corrected chi connectivity index (χ1v) is 4.73. The summed E-state index contributed by atoms with van der Waals surface area (Å²) >= 11 is 5.50. The smallest absolute Gasteiger partial charge is 0.220 e. The number of methoxy groups -OCH3 is 1. The largest absolute Gasteiger partial charge is 0.481 e. The summed E-state index contributed by atoms with van der Waals surface area (Å²) in [5, 5.41) is 0. The lowest BCUT2D eigenvalue weighted by atomic mass is 10.2. The van der Waals surface area contributed by atoms with Gasteiger partial charge in [-0.2, -0.15) is 0 Å². The fourth-order valence-electron chi connectivity index (χ4n) is 1.01. The molecule has 0 bridgehead atoms. The highest BCUT2D eigenvalue weighted by molar-refractivity contribution is 6.17. The van der Waals surface area contributed by atoms with Gasteiger partial charge in [-0.3, -0.25) is 0 Å². The molecule has 0 fully saturated rings. The number of nitrogens with zero attached hydrogens (tertiary/aromatic N) is 1. The van der Waals surface area contributed by atoms with Crippen LogP contribution in [-0.2, 0) is 0 Å². The number of aromatic nitrogens is 1. The van der Waals surface area contributed by atoms with Crippen LogP contribution in [0.15, 0.2) is 18.3 Å². The molecule has 0 spiro atoms. The van der Waals surface area contributed by atoms with E-state index in [9.17, 15) is 4.39 Å². The predicted octanol–water partition coefficient (Wildman–Crippen LogP) is 2.87. The molecule has 2 nitrogen and oxygen atoms in total. The summed E-state index contributed by atoms with van der Waals surface area (Å²) in [5.74, 6) is 0.579. The molecule has 0 radical (unpaired) electrons. The van der Waals surface area contributed by atoms with E-state index in [0.29, 0.717) is 17.3 Å². The summed E-state index contributed by atoms with van der Waals surface area (Å²) in [5.41, 5.74) is 0.623. The zero-order chi connectivity index (χ0) is 10.4. The van der Waals surface area contributed by atoms with Crippen LogP contribution < -0.4 is 4.74 Å². The van der Waals surface area contributed by atoms with Crippen molar-refractivity contribution in [3.8, 4) is 5.88 Å². The van der Waals surface area contributed by atoms with Crippen molar-refractivity contribution in [2.24, 2.45) is 0 Å². The lowest BCUT2D eigenvalue weighted by Gasteiger charge is -2.02. The molecule has 14 heavy (non-hydrogen) atoms. The molecule has 0 aliphatic carbocycles. The maximum absolute atomic E-state index is 12.8. The van der Waals surface area contributed by atoms with Gasteiger partial charge in [-0.25, -0.2) is 9.37 Å². The van der Waals surface area contributed by atoms with Crippen molar-refractivity contribution in [3.63, 3.8) is 0 Å². The Morgan fingerprint density at radius 3 is 3.07 bits per heavy atom. The van der Waals surface area contributed by atoms with Crippen molar-refractivity contribution >= 4 is 17.7 Å². The molecule has 1 aromatic rings. The number of hydrogen-bond acceptors (Lipinski definition) is 2. The topological polar surface area (TPSA) is 22.1 Å². The second kappa shape index (κ2) is 5.60. The Bertz CT molecular complexity index is 328. The SMILES string of the molecule is COc1ncc(F)cc1C=CCCCl. The number of ether oxygens (including phenoxy) is 1. The molecule has 76 valence electrons. The zero-order valence-electron chi connectivity index (χ0n) is 7.84. The quantitative estimate of drug-likeness (QED) is 0.721. The molecule has 4 heteroatoms. The molecule has 1 heterocycles. The van der Waals surface area contributed by atoms with Gasteiger partial charge in [-0.15, -0.1) is 11.6 Å². The molecule has 0 unspecified atom stereocenters. The minimum Gasteiger partial charge on any atom is -0.481 e. The molecule has 0 aliphatic heterocycles. The molecular formula is C10H11ClFNO. The van der Waals surface area contributed by atoms with Crippen LogP contribution in [0.4, 0.5) is 4.39 Å². The number of halogens is 2. The Hall–Kier alpha value is -1.09. The molecule has 0 aromatic carbocycles. The van der Waals surface area contributed by atoms with Gasteiger partial charge in [0.15, 0.2) is 0 Å². The van der Waals surface area contributed by atoms with Gasteiger partial charge < -0.3 is 4.74 Å². The van der Waals surface area contributed by atoms with E-state index in [4.69, 9.17) is 16.3 Å². The molecule has 0 atom stereocenters. The average molecular weight is 216 g/mol. The Kier molecular flexibility index (Phi) is 4.40. The normalized spacial score (nSPS) is 10.8. The second-order valence-electron chi connectivity index (χ2n) is 2.63. The van der Waals surface area contributed by atoms with Gasteiger partial charge in [0.2, 0.25) is 5.88 Å². The average Bonchev–Trinajstić information content (AvgIpc) is 2.19. The second-order valence-corrected chi connectivity index (χ2v) is 3.01. The van der Waals surface area contributed by atoms with E-state index in [-0.39, 0.29) is 5.82 Å². The number of hydrogen-bond donors (Lipinski definition) is 0. The van der Waals surface area contributed by atoms with Crippen LogP contribution in [-0.4, -0.2) is 18.0 Å². The molecular weight excluding hydrogens is 205 g/mol. The van der Waals surface area contributed by atoms with Crippen LogP contribution in [0.25, 0.3) is 6.08 Å². The Balaban J connectivity index is 2.87. The number of rotatable bonds is 4. The summed E-state index contributed by atoms with van der Waals surface area (Å²) in [6, 6.07) is 1.37. The maximum Gasteiger partial charge on any atom is 0.220 e. The van der Waals surface area contributed by atoms with E-state index in [0.717, 1.165) is 12.6 Å². The van der Waals surface area contributed by atoms with Gasteiger partial charge >= 0.3 is 0 Å². The van der Waals surface area contributed by atoms with E-state index >= 15 is 0 Å². The number of alkyl halides is 1. The minimum absolute atomic E-state index is 0.378. The van der Waals surface area contributed by atoms with Gasteiger partial charge in [0.25, 0.3) is 0 Å². The third-order valence-electron chi connectivity index (χ3n) is 1.61. The Labute approximate surface area is 87.4 Å².